The van der Waals surface area contributed by atoms with Gasteiger partial charge in [-0.3, -0.25) is 4.40 Å². The lowest BCUT2D eigenvalue weighted by Gasteiger charge is -2.29. The first-order valence-electron chi connectivity index (χ1n) is 11.5. The van der Waals surface area contributed by atoms with Crippen molar-refractivity contribution in [3.05, 3.63) is 67.1 Å². The molecule has 0 bridgehead atoms. The summed E-state index contributed by atoms with van der Waals surface area (Å²) >= 11 is 0. The molecule has 7 heteroatoms. The first-order valence-corrected chi connectivity index (χ1v) is 11.5. The molecule has 7 nitrogen and oxygen atoms in total. The van der Waals surface area contributed by atoms with Crippen molar-refractivity contribution >= 4 is 22.8 Å². The molecule has 0 radical (unpaired) electrons. The predicted octanol–water partition coefficient (Wildman–Crippen LogP) is 4.90. The van der Waals surface area contributed by atoms with Gasteiger partial charge >= 0.3 is 0 Å². The van der Waals surface area contributed by atoms with Gasteiger partial charge in [0, 0.05) is 35.9 Å². The summed E-state index contributed by atoms with van der Waals surface area (Å²) < 4.78 is 7.32. The van der Waals surface area contributed by atoms with Gasteiger partial charge in [0.15, 0.2) is 11.5 Å². The number of hydrogen-bond acceptors (Lipinski definition) is 6. The van der Waals surface area contributed by atoms with Gasteiger partial charge in [0.1, 0.15) is 5.75 Å². The van der Waals surface area contributed by atoms with Gasteiger partial charge in [0.25, 0.3) is 0 Å². The predicted molar refractivity (Wildman–Crippen MR) is 133 cm³/mol. The third-order valence-corrected chi connectivity index (χ3v) is 6.39. The van der Waals surface area contributed by atoms with Gasteiger partial charge in [-0.1, -0.05) is 0 Å². The number of methoxy groups -OCH3 is 1. The molecule has 1 fully saturated rings. The van der Waals surface area contributed by atoms with E-state index in [-0.39, 0.29) is 0 Å². The molecule has 2 N–H and O–H groups in total. The third kappa shape index (κ3) is 4.78. The Morgan fingerprint density at radius 2 is 1.70 bits per heavy atom. The molecule has 1 aliphatic rings. The van der Waals surface area contributed by atoms with Gasteiger partial charge in [-0.25, -0.2) is 9.97 Å². The molecule has 2 aromatic heterocycles. The molecule has 0 aliphatic carbocycles. The van der Waals surface area contributed by atoms with E-state index in [2.05, 4.69) is 61.2 Å². The zero-order valence-corrected chi connectivity index (χ0v) is 19.2. The largest absolute Gasteiger partial charge is 0.497 e. The number of anilines is 3. The van der Waals surface area contributed by atoms with Crippen LogP contribution in [0.1, 0.15) is 12.8 Å². The van der Waals surface area contributed by atoms with Crippen LogP contribution in [0, 0.1) is 5.92 Å². The highest BCUT2D eigenvalue weighted by atomic mass is 16.5. The van der Waals surface area contributed by atoms with Gasteiger partial charge in [-0.15, -0.1) is 0 Å². The molecule has 33 heavy (non-hydrogen) atoms. The molecular weight excluding hydrogens is 412 g/mol. The summed E-state index contributed by atoms with van der Waals surface area (Å²) in [5, 5.41) is 7.01. The zero-order valence-electron chi connectivity index (χ0n) is 19.2. The summed E-state index contributed by atoms with van der Waals surface area (Å²) in [6.45, 7) is 3.42. The van der Waals surface area contributed by atoms with Crippen LogP contribution in [-0.4, -0.2) is 53.1 Å². The van der Waals surface area contributed by atoms with E-state index in [1.807, 2.05) is 36.7 Å². The maximum atomic E-state index is 5.27. The number of nitrogens with one attached hydrogen (secondary N) is 2. The van der Waals surface area contributed by atoms with Gasteiger partial charge in [0.2, 0.25) is 0 Å². The minimum absolute atomic E-state index is 0.726. The Hall–Kier alpha value is -3.58. The summed E-state index contributed by atoms with van der Waals surface area (Å²) in [4.78, 5) is 11.6. The highest BCUT2D eigenvalue weighted by Gasteiger charge is 2.16. The minimum atomic E-state index is 0.726. The van der Waals surface area contributed by atoms with Gasteiger partial charge < -0.3 is 20.3 Å². The number of rotatable bonds is 7. The quantitative estimate of drug-likeness (QED) is 0.424. The van der Waals surface area contributed by atoms with Crippen LogP contribution in [0.2, 0.25) is 0 Å². The summed E-state index contributed by atoms with van der Waals surface area (Å²) in [6, 6.07) is 16.4. The second kappa shape index (κ2) is 9.50. The molecule has 0 amide bonds. The Morgan fingerprint density at radius 3 is 2.42 bits per heavy atom. The number of benzene rings is 2. The van der Waals surface area contributed by atoms with Crippen LogP contribution >= 0.6 is 0 Å². The molecule has 5 rings (SSSR count). The lowest BCUT2D eigenvalue weighted by Crippen LogP contribution is -2.32. The third-order valence-electron chi connectivity index (χ3n) is 6.39. The molecule has 0 unspecified atom stereocenters. The van der Waals surface area contributed by atoms with Crippen LogP contribution in [0.3, 0.4) is 0 Å². The van der Waals surface area contributed by atoms with Crippen LogP contribution in [-0.2, 0) is 0 Å². The van der Waals surface area contributed by atoms with Crippen LogP contribution in [0.4, 0.5) is 17.2 Å². The monoisotopic (exact) mass is 442 g/mol. The van der Waals surface area contributed by atoms with E-state index in [1.165, 1.54) is 25.9 Å². The van der Waals surface area contributed by atoms with Crippen LogP contribution in [0.5, 0.6) is 5.75 Å². The van der Waals surface area contributed by atoms with Crippen molar-refractivity contribution in [2.75, 3.05) is 44.4 Å². The number of imidazole rings is 1. The van der Waals surface area contributed by atoms with E-state index >= 15 is 0 Å². The van der Waals surface area contributed by atoms with Gasteiger partial charge in [-0.2, -0.15) is 0 Å². The first kappa shape index (κ1) is 21.3. The van der Waals surface area contributed by atoms with E-state index in [0.717, 1.165) is 52.3 Å². The lowest BCUT2D eigenvalue weighted by molar-refractivity contribution is 0.226. The molecule has 1 saturated heterocycles. The fourth-order valence-corrected chi connectivity index (χ4v) is 4.32. The number of fused-ring (bicyclic) bond motifs is 1. The van der Waals surface area contributed by atoms with Gasteiger partial charge in [0.05, 0.1) is 19.0 Å². The molecule has 0 spiro atoms. The van der Waals surface area contributed by atoms with Crippen molar-refractivity contribution in [2.24, 2.45) is 5.92 Å². The van der Waals surface area contributed by atoms with Crippen LogP contribution in [0.25, 0.3) is 16.9 Å². The van der Waals surface area contributed by atoms with Crippen LogP contribution in [0.15, 0.2) is 67.1 Å². The SMILES string of the molecule is COc1ccc(-c2cnc3c(Nc4ccc(NCC5CCN(C)CC5)cc4)nccn23)cc1. The minimum Gasteiger partial charge on any atom is -0.497 e. The fraction of sp³-hybridized carbons (Fsp3) is 0.308. The molecule has 170 valence electrons. The number of likely N-dealkylation sites (tertiary alicyclic amines) is 1. The number of ether oxygens (including phenoxy) is 1. The molecule has 2 aromatic carbocycles. The average Bonchev–Trinajstić information content (AvgIpc) is 3.30. The number of piperidine rings is 1. The Bertz CT molecular complexity index is 1190. The second-order valence-corrected chi connectivity index (χ2v) is 8.67. The second-order valence-electron chi connectivity index (χ2n) is 8.67. The normalized spacial score (nSPS) is 15.0. The van der Waals surface area contributed by atoms with E-state index in [1.54, 1.807) is 13.3 Å². The summed E-state index contributed by atoms with van der Waals surface area (Å²) in [5.41, 5.74) is 4.99. The Labute approximate surface area is 194 Å². The Morgan fingerprint density at radius 1 is 0.970 bits per heavy atom. The average molecular weight is 443 g/mol. The van der Waals surface area contributed by atoms with E-state index < -0.39 is 0 Å². The fourth-order valence-electron chi connectivity index (χ4n) is 4.32. The molecule has 3 heterocycles. The molecule has 0 atom stereocenters. The number of aromatic nitrogens is 3. The highest BCUT2D eigenvalue weighted by Crippen LogP contribution is 2.27. The number of nitrogens with zero attached hydrogens (tertiary/aromatic N) is 4. The summed E-state index contributed by atoms with van der Waals surface area (Å²) in [5.74, 6) is 2.31. The first-order chi connectivity index (χ1) is 16.2. The Balaban J connectivity index is 1.27. The zero-order chi connectivity index (χ0) is 22.6. The maximum absolute atomic E-state index is 5.27. The van der Waals surface area contributed by atoms with Crippen molar-refractivity contribution in [1.82, 2.24) is 19.3 Å². The van der Waals surface area contributed by atoms with Crippen molar-refractivity contribution in [3.63, 3.8) is 0 Å². The standard InChI is InChI=1S/C26H30N6O/c1-31-14-11-19(12-15-31)17-28-21-5-7-22(8-6-21)30-25-26-29-18-24(32(26)16-13-27-25)20-3-9-23(33-2)10-4-20/h3-10,13,16,18-19,28H,11-12,14-15,17H2,1-2H3,(H,27,30). The van der Waals surface area contributed by atoms with Crippen molar-refractivity contribution < 1.29 is 4.74 Å². The van der Waals surface area contributed by atoms with Crippen LogP contribution < -0.4 is 15.4 Å². The van der Waals surface area contributed by atoms with Gasteiger partial charge in [-0.05, 0) is 87.4 Å². The van der Waals surface area contributed by atoms with E-state index in [9.17, 15) is 0 Å². The lowest BCUT2D eigenvalue weighted by atomic mass is 9.97. The molecule has 4 aromatic rings. The van der Waals surface area contributed by atoms with E-state index in [0.29, 0.717) is 0 Å². The molecular formula is C26H30N6O. The molecule has 0 saturated carbocycles. The molecule has 1 aliphatic heterocycles. The topological polar surface area (TPSA) is 66.7 Å². The maximum Gasteiger partial charge on any atom is 0.180 e. The number of hydrogen-bond donors (Lipinski definition) is 2. The summed E-state index contributed by atoms with van der Waals surface area (Å²) in [7, 11) is 3.87. The van der Waals surface area contributed by atoms with Crippen molar-refractivity contribution in [2.45, 2.75) is 12.8 Å². The summed E-state index contributed by atoms with van der Waals surface area (Å²) in [6.07, 6.45) is 8.13. The van der Waals surface area contributed by atoms with E-state index in [4.69, 9.17) is 4.74 Å². The smallest absolute Gasteiger partial charge is 0.180 e. The highest BCUT2D eigenvalue weighted by molar-refractivity contribution is 5.74. The van der Waals surface area contributed by atoms with Crippen molar-refractivity contribution in [1.29, 1.82) is 0 Å². The van der Waals surface area contributed by atoms with Crippen molar-refractivity contribution in [3.8, 4) is 17.0 Å². The Kier molecular flexibility index (Phi) is 6.13.